The third-order valence-corrected chi connectivity index (χ3v) is 8.05. The summed E-state index contributed by atoms with van der Waals surface area (Å²) in [6.07, 6.45) is 6.75. The highest BCUT2D eigenvalue weighted by Gasteiger charge is 2.22. The Bertz CT molecular complexity index is 1500. The molecule has 0 atom stereocenters. The second-order valence-electron chi connectivity index (χ2n) is 8.87. The number of aromatic nitrogens is 4. The maximum atomic E-state index is 15.8. The van der Waals surface area contributed by atoms with E-state index < -0.39 is 16.0 Å². The molecule has 0 unspecified atom stereocenters. The molecule has 0 aliphatic carbocycles. The van der Waals surface area contributed by atoms with Gasteiger partial charge in [-0.05, 0) is 30.3 Å². The lowest BCUT2D eigenvalue weighted by Gasteiger charge is -2.28. The van der Waals surface area contributed by atoms with Gasteiger partial charge in [-0.2, -0.15) is 17.8 Å². The number of rotatable bonds is 8. The first-order valence-electron chi connectivity index (χ1n) is 12.3. The number of pyridine rings is 2. The minimum Gasteiger partial charge on any atom is -0.354 e. The van der Waals surface area contributed by atoms with E-state index in [4.69, 9.17) is 5.10 Å². The fourth-order valence-electron chi connectivity index (χ4n) is 4.23. The van der Waals surface area contributed by atoms with Gasteiger partial charge in [-0.3, -0.25) is 9.71 Å². The zero-order chi connectivity index (χ0) is 26.7. The predicted molar refractivity (Wildman–Crippen MR) is 146 cm³/mol. The third kappa shape index (κ3) is 5.23. The van der Waals surface area contributed by atoms with Gasteiger partial charge in [0.25, 0.3) is 0 Å². The van der Waals surface area contributed by atoms with Gasteiger partial charge < -0.3 is 10.2 Å². The van der Waals surface area contributed by atoms with E-state index in [1.54, 1.807) is 60.7 Å². The zero-order valence-corrected chi connectivity index (χ0v) is 22.0. The van der Waals surface area contributed by atoms with Gasteiger partial charge in [0.1, 0.15) is 11.5 Å². The Morgan fingerprint density at radius 2 is 1.84 bits per heavy atom. The Balaban J connectivity index is 1.55. The Hall–Kier alpha value is -3.87. The summed E-state index contributed by atoms with van der Waals surface area (Å²) in [7, 11) is -2.47. The number of nitrogens with one attached hydrogen (secondary N) is 2. The van der Waals surface area contributed by atoms with Gasteiger partial charge in [0.2, 0.25) is 0 Å². The summed E-state index contributed by atoms with van der Waals surface area (Å²) in [5, 5.41) is 8.10. The molecule has 12 heteroatoms. The van der Waals surface area contributed by atoms with E-state index in [2.05, 4.69) is 24.9 Å². The molecule has 4 heterocycles. The van der Waals surface area contributed by atoms with Crippen molar-refractivity contribution in [2.45, 2.75) is 6.92 Å². The van der Waals surface area contributed by atoms with Crippen LogP contribution >= 0.6 is 0 Å². The van der Waals surface area contributed by atoms with Crippen molar-refractivity contribution >= 4 is 21.7 Å². The molecule has 0 radical (unpaired) electrons. The van der Waals surface area contributed by atoms with Gasteiger partial charge >= 0.3 is 10.2 Å². The van der Waals surface area contributed by atoms with Crippen LogP contribution in [0.2, 0.25) is 0 Å². The largest absolute Gasteiger partial charge is 0.354 e. The first-order valence-corrected chi connectivity index (χ1v) is 13.8. The summed E-state index contributed by atoms with van der Waals surface area (Å²) in [5.41, 5.74) is 2.57. The molecular formula is C26H29FN8O2S. The number of halogens is 1. The molecule has 0 amide bonds. The molecule has 2 N–H and O–H groups in total. The molecule has 38 heavy (non-hydrogen) atoms. The molecule has 0 spiro atoms. The van der Waals surface area contributed by atoms with Crippen molar-refractivity contribution in [3.63, 3.8) is 0 Å². The Morgan fingerprint density at radius 1 is 1.08 bits per heavy atom. The minimum atomic E-state index is -3.90. The molecule has 1 aromatic carbocycles. The third-order valence-electron chi connectivity index (χ3n) is 6.49. The van der Waals surface area contributed by atoms with E-state index in [0.717, 1.165) is 41.9 Å². The summed E-state index contributed by atoms with van der Waals surface area (Å²) in [5.74, 6) is 0.197. The normalized spacial score (nSPS) is 14.2. The quantitative estimate of drug-likeness (QED) is 0.356. The first kappa shape index (κ1) is 25.8. The molecule has 198 valence electrons. The van der Waals surface area contributed by atoms with Gasteiger partial charge in [0.05, 0.1) is 17.6 Å². The lowest BCUT2D eigenvalue weighted by atomic mass is 10.0. The molecule has 5 rings (SSSR count). The first-order chi connectivity index (χ1) is 18.4. The van der Waals surface area contributed by atoms with E-state index in [1.807, 2.05) is 12.1 Å². The number of hydrogen-bond donors (Lipinski definition) is 2. The van der Waals surface area contributed by atoms with Crippen molar-refractivity contribution in [1.29, 1.82) is 0 Å². The Morgan fingerprint density at radius 3 is 2.53 bits per heavy atom. The van der Waals surface area contributed by atoms with Crippen LogP contribution in [0.25, 0.3) is 28.1 Å². The van der Waals surface area contributed by atoms with Crippen LogP contribution in [0.4, 0.5) is 15.9 Å². The van der Waals surface area contributed by atoms with E-state index in [-0.39, 0.29) is 17.8 Å². The summed E-state index contributed by atoms with van der Waals surface area (Å²) in [6.45, 7) is 5.55. The number of piperazine rings is 1. The summed E-state index contributed by atoms with van der Waals surface area (Å²) >= 11 is 0. The highest BCUT2D eigenvalue weighted by atomic mass is 32.2. The summed E-state index contributed by atoms with van der Waals surface area (Å²) in [6, 6.07) is 12.1. The second-order valence-corrected chi connectivity index (χ2v) is 10.6. The molecule has 10 nitrogen and oxygen atoms in total. The molecule has 1 saturated heterocycles. The van der Waals surface area contributed by atoms with E-state index >= 15 is 4.39 Å². The molecule has 4 aromatic rings. The molecule has 3 aromatic heterocycles. The van der Waals surface area contributed by atoms with Crippen molar-refractivity contribution < 1.29 is 12.8 Å². The average Bonchev–Trinajstić information content (AvgIpc) is 3.40. The average molecular weight is 537 g/mol. The van der Waals surface area contributed by atoms with Gasteiger partial charge in [-0.15, -0.1) is 0 Å². The SMILES string of the molecule is CCN(C)S(=O)(=O)Nc1cccc(-c2cn(-c3ccc(N4CCNCC4)nc3)nc2-c2ccncc2)c1F. The molecule has 1 fully saturated rings. The van der Waals surface area contributed by atoms with Crippen LogP contribution in [0.3, 0.4) is 0 Å². The highest BCUT2D eigenvalue weighted by molar-refractivity contribution is 7.90. The number of anilines is 2. The van der Waals surface area contributed by atoms with Crippen molar-refractivity contribution in [3.05, 3.63) is 73.1 Å². The lowest BCUT2D eigenvalue weighted by Crippen LogP contribution is -2.43. The van der Waals surface area contributed by atoms with Crippen LogP contribution in [0.5, 0.6) is 0 Å². The summed E-state index contributed by atoms with van der Waals surface area (Å²) < 4.78 is 46.0. The Kier molecular flexibility index (Phi) is 7.36. The van der Waals surface area contributed by atoms with E-state index in [9.17, 15) is 8.42 Å². The fraction of sp³-hybridized carbons (Fsp3) is 0.269. The van der Waals surface area contributed by atoms with Crippen LogP contribution < -0.4 is 14.9 Å². The van der Waals surface area contributed by atoms with Gasteiger partial charge in [-0.1, -0.05) is 19.1 Å². The van der Waals surface area contributed by atoms with Crippen LogP contribution in [-0.4, -0.2) is 72.2 Å². The van der Waals surface area contributed by atoms with Crippen molar-refractivity contribution in [2.75, 3.05) is 49.4 Å². The van der Waals surface area contributed by atoms with Crippen LogP contribution in [0.15, 0.2) is 67.3 Å². The Labute approximate surface area is 221 Å². The maximum Gasteiger partial charge on any atom is 0.301 e. The summed E-state index contributed by atoms with van der Waals surface area (Å²) in [4.78, 5) is 10.9. The topological polar surface area (TPSA) is 108 Å². The standard InChI is InChI=1S/C26H29FN8O2S/c1-3-33(2)38(36,37)32-23-6-4-5-21(25(23)27)22-18-35(31-26(22)19-9-11-28-12-10-19)20-7-8-24(30-17-20)34-15-13-29-14-16-34/h4-12,17-18,29,32H,3,13-16H2,1-2H3. The zero-order valence-electron chi connectivity index (χ0n) is 21.2. The molecule has 0 saturated carbocycles. The molecule has 0 bridgehead atoms. The van der Waals surface area contributed by atoms with Crippen LogP contribution in [-0.2, 0) is 10.2 Å². The maximum absolute atomic E-state index is 15.8. The van der Waals surface area contributed by atoms with Crippen molar-refractivity contribution in [3.8, 4) is 28.1 Å². The van der Waals surface area contributed by atoms with E-state index in [0.29, 0.717) is 16.9 Å². The lowest BCUT2D eigenvalue weighted by molar-refractivity contribution is 0.491. The van der Waals surface area contributed by atoms with Gasteiger partial charge in [0, 0.05) is 75.1 Å². The smallest absolute Gasteiger partial charge is 0.301 e. The van der Waals surface area contributed by atoms with Crippen molar-refractivity contribution in [1.82, 2.24) is 29.4 Å². The minimum absolute atomic E-state index is 0.140. The van der Waals surface area contributed by atoms with Gasteiger partial charge in [0.15, 0.2) is 5.82 Å². The van der Waals surface area contributed by atoms with Crippen LogP contribution in [0, 0.1) is 5.82 Å². The molecule has 1 aliphatic heterocycles. The monoisotopic (exact) mass is 536 g/mol. The van der Waals surface area contributed by atoms with E-state index in [1.165, 1.54) is 13.1 Å². The fourth-order valence-corrected chi connectivity index (χ4v) is 5.16. The molecular weight excluding hydrogens is 507 g/mol. The molecule has 1 aliphatic rings. The van der Waals surface area contributed by atoms with Gasteiger partial charge in [-0.25, -0.2) is 14.1 Å². The van der Waals surface area contributed by atoms with Crippen LogP contribution in [0.1, 0.15) is 6.92 Å². The second kappa shape index (κ2) is 10.9. The van der Waals surface area contributed by atoms with Crippen molar-refractivity contribution in [2.24, 2.45) is 0 Å². The number of benzene rings is 1. The number of hydrogen-bond acceptors (Lipinski definition) is 7. The predicted octanol–water partition coefficient (Wildman–Crippen LogP) is 3.15. The highest BCUT2D eigenvalue weighted by Crippen LogP contribution is 2.36. The number of nitrogens with zero attached hydrogens (tertiary/aromatic N) is 6.